The number of hydrogen-bond acceptors (Lipinski definition) is 1. The molecule has 0 spiro atoms. The third kappa shape index (κ3) is 1.94. The zero-order valence-electron chi connectivity index (χ0n) is 3.99. The molecule has 0 amide bonds. The van der Waals surface area contributed by atoms with Crippen molar-refractivity contribution < 1.29 is 4.79 Å². The standard InChI is InChI=1S/C5H7O/c1-4(2)5(3)6/h4H,1,3H3. The second-order valence-corrected chi connectivity index (χ2v) is 1.33. The Balaban J connectivity index is 3.26. The molecular formula is C5H7O. The quantitative estimate of drug-likeness (QED) is 0.458. The van der Waals surface area contributed by atoms with Crippen LogP contribution in [0.1, 0.15) is 13.8 Å². The normalized spacial score (nSPS) is 9.33. The van der Waals surface area contributed by atoms with Crippen molar-refractivity contribution in [2.75, 3.05) is 0 Å². The van der Waals surface area contributed by atoms with Gasteiger partial charge < -0.3 is 0 Å². The van der Waals surface area contributed by atoms with Crippen LogP contribution in [0.4, 0.5) is 0 Å². The molecule has 0 aliphatic carbocycles. The Kier molecular flexibility index (Phi) is 1.85. The molecule has 0 aromatic rings. The number of ketones is 1. The van der Waals surface area contributed by atoms with Gasteiger partial charge in [-0.25, -0.2) is 0 Å². The van der Waals surface area contributed by atoms with Crippen LogP contribution in [-0.4, -0.2) is 5.78 Å². The van der Waals surface area contributed by atoms with E-state index in [0.717, 1.165) is 0 Å². The van der Waals surface area contributed by atoms with Crippen LogP contribution in [0.15, 0.2) is 0 Å². The van der Waals surface area contributed by atoms with Gasteiger partial charge in [-0.05, 0) is 6.92 Å². The smallest absolute Gasteiger partial charge is 0.133 e. The molecule has 1 atom stereocenters. The lowest BCUT2D eigenvalue weighted by molar-refractivity contribution is -0.119. The van der Waals surface area contributed by atoms with E-state index in [1.165, 1.54) is 6.92 Å². The van der Waals surface area contributed by atoms with E-state index in [4.69, 9.17) is 6.92 Å². The predicted octanol–water partition coefficient (Wildman–Crippen LogP) is 0.800. The van der Waals surface area contributed by atoms with Crippen LogP contribution in [0, 0.1) is 12.8 Å². The van der Waals surface area contributed by atoms with Crippen molar-refractivity contribution in [1.82, 2.24) is 0 Å². The lowest BCUT2D eigenvalue weighted by atomic mass is 10.1. The summed E-state index contributed by atoms with van der Waals surface area (Å²) >= 11 is 0. The Morgan fingerprint density at radius 3 is 2.00 bits per heavy atom. The summed E-state index contributed by atoms with van der Waals surface area (Å²) in [5.41, 5.74) is 0. The topological polar surface area (TPSA) is 17.1 Å². The van der Waals surface area contributed by atoms with Crippen LogP contribution in [0.3, 0.4) is 0 Å². The fourth-order valence-electron chi connectivity index (χ4n) is 0. The van der Waals surface area contributed by atoms with E-state index < -0.39 is 5.92 Å². The Hall–Kier alpha value is -0.330. The van der Waals surface area contributed by atoms with Crippen molar-refractivity contribution in [2.45, 2.75) is 13.8 Å². The summed E-state index contributed by atoms with van der Waals surface area (Å²) in [5, 5.41) is 0. The minimum atomic E-state index is -0.537. The Morgan fingerprint density at radius 2 is 2.00 bits per heavy atom. The molecule has 1 heteroatoms. The fourth-order valence-corrected chi connectivity index (χ4v) is 0. The van der Waals surface area contributed by atoms with Gasteiger partial charge in [0.2, 0.25) is 0 Å². The molecule has 0 fully saturated rings. The van der Waals surface area contributed by atoms with E-state index >= 15 is 0 Å². The number of rotatable bonds is 1. The van der Waals surface area contributed by atoms with E-state index in [1.54, 1.807) is 6.92 Å². The average Bonchev–Trinajstić information content (AvgIpc) is 1.36. The van der Waals surface area contributed by atoms with Crippen LogP contribution in [0.5, 0.6) is 0 Å². The zero-order valence-corrected chi connectivity index (χ0v) is 3.99. The molecule has 0 saturated carbocycles. The number of carbonyl (C=O) groups is 1. The Labute approximate surface area is 38.4 Å². The highest BCUT2D eigenvalue weighted by Crippen LogP contribution is 1.88. The van der Waals surface area contributed by atoms with Crippen molar-refractivity contribution in [2.24, 2.45) is 5.92 Å². The number of Topliss-reactive ketones (excluding diaryl/α,β-unsaturated/α-hetero) is 1. The van der Waals surface area contributed by atoms with Crippen molar-refractivity contribution in [3.8, 4) is 0 Å². The minimum absolute atomic E-state index is 0.0741. The Bertz CT molecular complexity index is 55.0. The van der Waals surface area contributed by atoms with Gasteiger partial charge in [-0.15, -0.1) is 0 Å². The zero-order chi connectivity index (χ0) is 5.15. The van der Waals surface area contributed by atoms with Crippen LogP contribution >= 0.6 is 0 Å². The maximum absolute atomic E-state index is 9.96. The largest absolute Gasteiger partial charge is 0.300 e. The monoisotopic (exact) mass is 83.0 g/mol. The first-order valence-electron chi connectivity index (χ1n) is 1.86. The highest BCUT2D eigenvalue weighted by Gasteiger charge is 1.95. The second kappa shape index (κ2) is 1.96. The highest BCUT2D eigenvalue weighted by molar-refractivity contribution is 5.78. The first kappa shape index (κ1) is 5.67. The molecule has 0 aromatic carbocycles. The summed E-state index contributed by atoms with van der Waals surface area (Å²) in [5.74, 6) is -0.611. The van der Waals surface area contributed by atoms with Crippen molar-refractivity contribution in [1.29, 1.82) is 0 Å². The van der Waals surface area contributed by atoms with Gasteiger partial charge >= 0.3 is 0 Å². The summed E-state index contributed by atoms with van der Waals surface area (Å²) in [7, 11) is 0. The third-order valence-electron chi connectivity index (χ3n) is 0.610. The molecule has 1 nitrogen and oxygen atoms in total. The van der Waals surface area contributed by atoms with Gasteiger partial charge in [0, 0.05) is 12.8 Å². The summed E-state index contributed by atoms with van der Waals surface area (Å²) in [4.78, 5) is 9.96. The molecule has 33 valence electrons. The van der Waals surface area contributed by atoms with Crippen molar-refractivity contribution in [3.63, 3.8) is 0 Å². The van der Waals surface area contributed by atoms with Crippen molar-refractivity contribution in [3.05, 3.63) is 6.92 Å². The third-order valence-corrected chi connectivity index (χ3v) is 0.610. The van der Waals surface area contributed by atoms with Crippen LogP contribution < -0.4 is 0 Å². The summed E-state index contributed by atoms with van der Waals surface area (Å²) in [6.45, 7) is 9.66. The first-order chi connectivity index (χ1) is 2.64. The molecule has 3 radical (unpaired) electrons. The van der Waals surface area contributed by atoms with Gasteiger partial charge in [0.15, 0.2) is 0 Å². The molecule has 0 heterocycles. The molecule has 0 bridgehead atoms. The molecule has 0 aromatic heterocycles. The van der Waals surface area contributed by atoms with Gasteiger partial charge in [0.25, 0.3) is 0 Å². The molecular weight excluding hydrogens is 76.1 g/mol. The minimum Gasteiger partial charge on any atom is -0.300 e. The number of hydrogen-bond donors (Lipinski definition) is 0. The predicted molar refractivity (Wildman–Crippen MR) is 23.1 cm³/mol. The molecule has 0 rings (SSSR count). The van der Waals surface area contributed by atoms with Gasteiger partial charge in [-0.1, -0.05) is 6.92 Å². The highest BCUT2D eigenvalue weighted by atomic mass is 16.1. The van der Waals surface area contributed by atoms with Gasteiger partial charge in [-0.3, -0.25) is 4.79 Å². The fraction of sp³-hybridized carbons (Fsp3) is 0.600. The summed E-state index contributed by atoms with van der Waals surface area (Å²) in [6, 6.07) is 0. The molecule has 0 N–H and O–H groups in total. The summed E-state index contributed by atoms with van der Waals surface area (Å²) in [6.07, 6.45) is 0. The molecule has 6 heavy (non-hydrogen) atoms. The van der Waals surface area contributed by atoms with Crippen LogP contribution in [0.25, 0.3) is 0 Å². The molecule has 0 aliphatic heterocycles. The van der Waals surface area contributed by atoms with Crippen molar-refractivity contribution >= 4 is 5.78 Å². The van der Waals surface area contributed by atoms with Gasteiger partial charge in [-0.2, -0.15) is 0 Å². The SMILES string of the molecule is [C]C(C)C(C)=O. The van der Waals surface area contributed by atoms with Gasteiger partial charge in [0.05, 0.1) is 0 Å². The summed E-state index contributed by atoms with van der Waals surface area (Å²) < 4.78 is 0. The number of carbonyl (C=O) groups excluding carboxylic acids is 1. The lowest BCUT2D eigenvalue weighted by Gasteiger charge is -1.89. The molecule has 1 unspecified atom stereocenters. The average molecular weight is 83.1 g/mol. The van der Waals surface area contributed by atoms with E-state index in [1.807, 2.05) is 0 Å². The first-order valence-corrected chi connectivity index (χ1v) is 1.86. The molecule has 0 saturated heterocycles. The van der Waals surface area contributed by atoms with E-state index in [9.17, 15) is 4.79 Å². The van der Waals surface area contributed by atoms with E-state index in [2.05, 4.69) is 0 Å². The van der Waals surface area contributed by atoms with Gasteiger partial charge in [0.1, 0.15) is 5.78 Å². The lowest BCUT2D eigenvalue weighted by Crippen LogP contribution is -1.99. The maximum Gasteiger partial charge on any atom is 0.133 e. The van der Waals surface area contributed by atoms with Crippen LogP contribution in [-0.2, 0) is 4.79 Å². The van der Waals surface area contributed by atoms with E-state index in [0.29, 0.717) is 0 Å². The van der Waals surface area contributed by atoms with Crippen LogP contribution in [0.2, 0.25) is 0 Å². The Morgan fingerprint density at radius 1 is 1.83 bits per heavy atom. The molecule has 0 aliphatic rings. The van der Waals surface area contributed by atoms with E-state index in [-0.39, 0.29) is 5.78 Å². The maximum atomic E-state index is 9.96. The second-order valence-electron chi connectivity index (χ2n) is 1.33.